The van der Waals surface area contributed by atoms with Crippen LogP contribution < -0.4 is 16.4 Å². The van der Waals surface area contributed by atoms with Crippen molar-refractivity contribution in [3.63, 3.8) is 0 Å². The SMILES string of the molecule is COC1CCC(Nc2snc(N)c2C(=O)NC(C)C)C1. The number of nitrogens with two attached hydrogens (primary N) is 1. The van der Waals surface area contributed by atoms with Crippen molar-refractivity contribution in [3.05, 3.63) is 5.56 Å². The average molecular weight is 298 g/mol. The molecule has 0 saturated heterocycles. The Labute approximate surface area is 123 Å². The Morgan fingerprint density at radius 3 is 2.85 bits per heavy atom. The van der Waals surface area contributed by atoms with Crippen molar-refractivity contribution < 1.29 is 9.53 Å². The van der Waals surface area contributed by atoms with Gasteiger partial charge in [-0.15, -0.1) is 0 Å². The van der Waals surface area contributed by atoms with Gasteiger partial charge in [-0.25, -0.2) is 0 Å². The Hall–Kier alpha value is -1.34. The normalized spacial score (nSPS) is 22.2. The Balaban J connectivity index is 2.07. The van der Waals surface area contributed by atoms with Gasteiger partial charge in [0.15, 0.2) is 5.82 Å². The Morgan fingerprint density at radius 2 is 2.25 bits per heavy atom. The summed E-state index contributed by atoms with van der Waals surface area (Å²) in [6.07, 6.45) is 3.31. The molecule has 1 aliphatic carbocycles. The molecule has 1 amide bonds. The van der Waals surface area contributed by atoms with E-state index >= 15 is 0 Å². The number of carbonyl (C=O) groups is 1. The van der Waals surface area contributed by atoms with Gasteiger partial charge in [-0.1, -0.05) is 0 Å². The first-order chi connectivity index (χ1) is 9.51. The summed E-state index contributed by atoms with van der Waals surface area (Å²) < 4.78 is 9.45. The molecule has 4 N–H and O–H groups in total. The van der Waals surface area contributed by atoms with Crippen molar-refractivity contribution in [2.24, 2.45) is 0 Å². The van der Waals surface area contributed by atoms with Crippen LogP contribution in [0.15, 0.2) is 0 Å². The zero-order valence-corrected chi connectivity index (χ0v) is 12.9. The van der Waals surface area contributed by atoms with Crippen molar-refractivity contribution >= 4 is 28.3 Å². The number of nitrogens with one attached hydrogen (secondary N) is 2. The van der Waals surface area contributed by atoms with E-state index in [1.807, 2.05) is 13.8 Å². The monoisotopic (exact) mass is 298 g/mol. The smallest absolute Gasteiger partial charge is 0.258 e. The highest BCUT2D eigenvalue weighted by Crippen LogP contribution is 2.31. The van der Waals surface area contributed by atoms with Crippen LogP contribution in [0.2, 0.25) is 0 Å². The lowest BCUT2D eigenvalue weighted by Gasteiger charge is -2.14. The molecule has 1 aliphatic rings. The number of ether oxygens (including phenoxy) is 1. The molecule has 7 heteroatoms. The van der Waals surface area contributed by atoms with Crippen molar-refractivity contribution in [2.45, 2.75) is 51.3 Å². The minimum absolute atomic E-state index is 0.0685. The van der Waals surface area contributed by atoms with Gasteiger partial charge in [0.1, 0.15) is 10.6 Å². The number of rotatable bonds is 5. The summed E-state index contributed by atoms with van der Waals surface area (Å²) >= 11 is 1.24. The van der Waals surface area contributed by atoms with Crippen LogP contribution >= 0.6 is 11.5 Å². The summed E-state index contributed by atoms with van der Waals surface area (Å²) in [4.78, 5) is 12.2. The van der Waals surface area contributed by atoms with E-state index in [4.69, 9.17) is 10.5 Å². The van der Waals surface area contributed by atoms with E-state index in [0.717, 1.165) is 24.3 Å². The van der Waals surface area contributed by atoms with Crippen LogP contribution in [-0.2, 0) is 4.74 Å². The van der Waals surface area contributed by atoms with Gasteiger partial charge >= 0.3 is 0 Å². The highest BCUT2D eigenvalue weighted by Gasteiger charge is 2.27. The molecular formula is C13H22N4O2S. The van der Waals surface area contributed by atoms with Crippen LogP contribution in [0.1, 0.15) is 43.5 Å². The van der Waals surface area contributed by atoms with Crippen LogP contribution in [0.4, 0.5) is 10.8 Å². The van der Waals surface area contributed by atoms with Crippen LogP contribution in [-0.4, -0.2) is 35.6 Å². The first-order valence-electron chi connectivity index (χ1n) is 6.86. The van der Waals surface area contributed by atoms with Gasteiger partial charge in [-0.05, 0) is 44.6 Å². The van der Waals surface area contributed by atoms with Gasteiger partial charge in [-0.3, -0.25) is 4.79 Å². The van der Waals surface area contributed by atoms with E-state index in [2.05, 4.69) is 15.0 Å². The van der Waals surface area contributed by atoms with E-state index in [9.17, 15) is 4.79 Å². The summed E-state index contributed by atoms with van der Waals surface area (Å²) in [6.45, 7) is 3.84. The minimum Gasteiger partial charge on any atom is -0.382 e. The maximum Gasteiger partial charge on any atom is 0.258 e. The summed E-state index contributed by atoms with van der Waals surface area (Å²) in [5.74, 6) is 0.118. The molecule has 1 heterocycles. The van der Waals surface area contributed by atoms with Crippen molar-refractivity contribution in [3.8, 4) is 0 Å². The van der Waals surface area contributed by atoms with Crippen molar-refractivity contribution in [1.82, 2.24) is 9.69 Å². The number of anilines is 2. The number of nitrogen functional groups attached to an aromatic ring is 1. The van der Waals surface area contributed by atoms with Crippen molar-refractivity contribution in [2.75, 3.05) is 18.2 Å². The number of hydrogen-bond donors (Lipinski definition) is 3. The predicted octanol–water partition coefficient (Wildman–Crippen LogP) is 1.84. The van der Waals surface area contributed by atoms with Crippen LogP contribution in [0.25, 0.3) is 0 Å². The molecule has 0 radical (unpaired) electrons. The second kappa shape index (κ2) is 6.41. The largest absolute Gasteiger partial charge is 0.382 e. The number of nitrogens with zero attached hydrogens (tertiary/aromatic N) is 1. The maximum absolute atomic E-state index is 12.2. The molecule has 1 aromatic rings. The number of amides is 1. The Bertz CT molecular complexity index is 475. The van der Waals surface area contributed by atoms with E-state index in [0.29, 0.717) is 17.7 Å². The zero-order chi connectivity index (χ0) is 14.7. The predicted molar refractivity (Wildman–Crippen MR) is 81.2 cm³/mol. The molecule has 1 fully saturated rings. The first kappa shape index (κ1) is 15.1. The molecule has 1 saturated carbocycles. The molecule has 6 nitrogen and oxygen atoms in total. The van der Waals surface area contributed by atoms with E-state index in [1.165, 1.54) is 11.5 Å². The van der Waals surface area contributed by atoms with E-state index < -0.39 is 0 Å². The van der Waals surface area contributed by atoms with E-state index in [-0.39, 0.29) is 17.8 Å². The third-order valence-electron chi connectivity index (χ3n) is 3.42. The molecule has 2 rings (SSSR count). The molecule has 0 spiro atoms. The average Bonchev–Trinajstić information content (AvgIpc) is 2.96. The Kier molecular flexibility index (Phi) is 4.82. The highest BCUT2D eigenvalue weighted by molar-refractivity contribution is 7.11. The van der Waals surface area contributed by atoms with Gasteiger partial charge in [0, 0.05) is 19.2 Å². The van der Waals surface area contributed by atoms with Gasteiger partial charge in [0.05, 0.1) is 6.10 Å². The summed E-state index contributed by atoms with van der Waals surface area (Å²) in [6, 6.07) is 0.379. The molecule has 112 valence electrons. The minimum atomic E-state index is -0.171. The van der Waals surface area contributed by atoms with Crippen LogP contribution in [0.5, 0.6) is 0 Å². The molecular weight excluding hydrogens is 276 g/mol. The number of hydrogen-bond acceptors (Lipinski definition) is 6. The van der Waals surface area contributed by atoms with Crippen LogP contribution in [0.3, 0.4) is 0 Å². The first-order valence-corrected chi connectivity index (χ1v) is 7.64. The van der Waals surface area contributed by atoms with E-state index in [1.54, 1.807) is 7.11 Å². The van der Waals surface area contributed by atoms with Crippen molar-refractivity contribution in [1.29, 1.82) is 0 Å². The Morgan fingerprint density at radius 1 is 1.50 bits per heavy atom. The van der Waals surface area contributed by atoms with Gasteiger partial charge in [-0.2, -0.15) is 4.37 Å². The number of aromatic nitrogens is 1. The molecule has 2 atom stereocenters. The number of methoxy groups -OCH3 is 1. The molecule has 0 bridgehead atoms. The molecule has 0 aromatic carbocycles. The lowest BCUT2D eigenvalue weighted by atomic mass is 10.2. The molecule has 0 aliphatic heterocycles. The quantitative estimate of drug-likeness (QED) is 0.772. The second-order valence-electron chi connectivity index (χ2n) is 5.41. The van der Waals surface area contributed by atoms with Gasteiger partial charge in [0.2, 0.25) is 0 Å². The topological polar surface area (TPSA) is 89.3 Å². The fraction of sp³-hybridized carbons (Fsp3) is 0.692. The lowest BCUT2D eigenvalue weighted by Crippen LogP contribution is -2.31. The fourth-order valence-corrected chi connectivity index (χ4v) is 3.21. The summed E-state index contributed by atoms with van der Waals surface area (Å²) in [7, 11) is 1.74. The summed E-state index contributed by atoms with van der Waals surface area (Å²) in [5.41, 5.74) is 6.28. The molecule has 1 aromatic heterocycles. The number of carbonyl (C=O) groups excluding carboxylic acids is 1. The molecule has 2 unspecified atom stereocenters. The van der Waals surface area contributed by atoms with Gasteiger partial charge in [0.25, 0.3) is 5.91 Å². The highest BCUT2D eigenvalue weighted by atomic mass is 32.1. The standard InChI is InChI=1S/C13H22N4O2S/c1-7(2)15-12(18)10-11(14)17-20-13(10)16-8-4-5-9(6-8)19-3/h7-9,16H,4-6H2,1-3H3,(H2,14,17)(H,15,18). The second-order valence-corrected chi connectivity index (χ2v) is 6.19. The lowest BCUT2D eigenvalue weighted by molar-refractivity contribution is 0.0945. The van der Waals surface area contributed by atoms with Crippen LogP contribution in [0, 0.1) is 0 Å². The maximum atomic E-state index is 12.2. The third kappa shape index (κ3) is 3.40. The van der Waals surface area contributed by atoms with Gasteiger partial charge < -0.3 is 21.1 Å². The third-order valence-corrected chi connectivity index (χ3v) is 4.21. The molecule has 20 heavy (non-hydrogen) atoms. The summed E-state index contributed by atoms with van der Waals surface area (Å²) in [5, 5.41) is 6.99. The fourth-order valence-electron chi connectivity index (χ4n) is 2.43. The zero-order valence-electron chi connectivity index (χ0n) is 12.1.